The third-order valence-electron chi connectivity index (χ3n) is 3.25. The molecule has 0 heterocycles. The van der Waals surface area contributed by atoms with Gasteiger partial charge in [0, 0.05) is 30.6 Å². The number of non-ortho nitro benzene ring substituents is 1. The Kier molecular flexibility index (Phi) is 5.48. The first-order chi connectivity index (χ1) is 10.1. The molecule has 1 amide bonds. The van der Waals surface area contributed by atoms with Gasteiger partial charge in [-0.25, -0.2) is 4.79 Å². The number of amides is 1. The molecule has 1 aromatic carbocycles. The van der Waals surface area contributed by atoms with Gasteiger partial charge < -0.3 is 15.8 Å². The summed E-state index contributed by atoms with van der Waals surface area (Å²) < 4.78 is 5.18. The monoisotopic (exact) mass is 309 g/mol. The smallest absolute Gasteiger partial charge is 0.407 e. The average Bonchev–Trinajstić information content (AvgIpc) is 2.43. The zero-order chi connectivity index (χ0) is 17.0. The van der Waals surface area contributed by atoms with Crippen molar-refractivity contribution in [2.75, 3.05) is 13.1 Å². The van der Waals surface area contributed by atoms with E-state index < -0.39 is 22.0 Å². The maximum absolute atomic E-state index is 11.7. The van der Waals surface area contributed by atoms with Crippen LogP contribution in [0.5, 0.6) is 0 Å². The molecule has 0 radical (unpaired) electrons. The molecule has 0 aliphatic heterocycles. The van der Waals surface area contributed by atoms with Gasteiger partial charge in [0.05, 0.1) is 4.92 Å². The Morgan fingerprint density at radius 2 is 1.82 bits per heavy atom. The van der Waals surface area contributed by atoms with Crippen LogP contribution in [0.1, 0.15) is 33.3 Å². The van der Waals surface area contributed by atoms with Gasteiger partial charge in [-0.3, -0.25) is 10.1 Å². The van der Waals surface area contributed by atoms with E-state index >= 15 is 0 Å². The minimum atomic E-state index is -0.573. The summed E-state index contributed by atoms with van der Waals surface area (Å²) in [6, 6.07) is 6.16. The first-order valence-corrected chi connectivity index (χ1v) is 6.99. The number of carbonyl (C=O) groups excluding carboxylic acids is 1. The van der Waals surface area contributed by atoms with E-state index in [1.54, 1.807) is 32.9 Å². The molecule has 0 fully saturated rings. The number of carbonyl (C=O) groups is 1. The van der Waals surface area contributed by atoms with Crippen LogP contribution in [0, 0.1) is 10.1 Å². The molecule has 7 nitrogen and oxygen atoms in total. The van der Waals surface area contributed by atoms with E-state index in [-0.39, 0.29) is 18.8 Å². The van der Waals surface area contributed by atoms with E-state index in [2.05, 4.69) is 5.32 Å². The van der Waals surface area contributed by atoms with Crippen molar-refractivity contribution in [1.29, 1.82) is 0 Å². The number of alkyl carbamates (subject to hydrolysis) is 1. The Morgan fingerprint density at radius 3 is 2.23 bits per heavy atom. The quantitative estimate of drug-likeness (QED) is 0.641. The first kappa shape index (κ1) is 17.9. The number of hydrogen-bond acceptors (Lipinski definition) is 5. The van der Waals surface area contributed by atoms with Crippen LogP contribution in [0.25, 0.3) is 0 Å². The number of nitro groups is 1. The predicted molar refractivity (Wildman–Crippen MR) is 83.7 cm³/mol. The third kappa shape index (κ3) is 5.00. The number of rotatable bonds is 5. The highest BCUT2D eigenvalue weighted by molar-refractivity contribution is 5.67. The van der Waals surface area contributed by atoms with Crippen molar-refractivity contribution in [3.63, 3.8) is 0 Å². The highest BCUT2D eigenvalue weighted by Crippen LogP contribution is 2.24. The molecule has 0 bridgehead atoms. The van der Waals surface area contributed by atoms with E-state index in [0.29, 0.717) is 0 Å². The molecule has 3 N–H and O–H groups in total. The second kappa shape index (κ2) is 6.74. The highest BCUT2D eigenvalue weighted by Gasteiger charge is 2.27. The van der Waals surface area contributed by atoms with Crippen molar-refractivity contribution in [3.8, 4) is 0 Å². The van der Waals surface area contributed by atoms with Crippen LogP contribution in [-0.4, -0.2) is 29.7 Å². The van der Waals surface area contributed by atoms with Crippen LogP contribution in [0.4, 0.5) is 10.5 Å². The summed E-state index contributed by atoms with van der Waals surface area (Å²) in [6.07, 6.45) is -0.519. The minimum absolute atomic E-state index is 0.0169. The molecule has 0 saturated heterocycles. The van der Waals surface area contributed by atoms with Gasteiger partial charge in [-0.05, 0) is 26.3 Å². The van der Waals surface area contributed by atoms with Gasteiger partial charge in [-0.2, -0.15) is 0 Å². The molecule has 0 aromatic heterocycles. The molecule has 1 aromatic rings. The van der Waals surface area contributed by atoms with E-state index in [0.717, 1.165) is 5.56 Å². The number of nitrogens with two attached hydrogens (primary N) is 1. The fraction of sp³-hybridized carbons (Fsp3) is 0.533. The number of ether oxygens (including phenoxy) is 1. The maximum Gasteiger partial charge on any atom is 0.407 e. The largest absolute Gasteiger partial charge is 0.444 e. The topological polar surface area (TPSA) is 107 Å². The Morgan fingerprint density at radius 1 is 1.27 bits per heavy atom. The van der Waals surface area contributed by atoms with Crippen molar-refractivity contribution in [1.82, 2.24) is 5.32 Å². The van der Waals surface area contributed by atoms with E-state index in [1.807, 2.05) is 6.92 Å². The summed E-state index contributed by atoms with van der Waals surface area (Å²) in [5.74, 6) is 0. The van der Waals surface area contributed by atoms with Crippen LogP contribution in [0.2, 0.25) is 0 Å². The lowest BCUT2D eigenvalue weighted by Crippen LogP contribution is -2.45. The molecule has 0 saturated carbocycles. The summed E-state index contributed by atoms with van der Waals surface area (Å²) >= 11 is 0. The zero-order valence-electron chi connectivity index (χ0n) is 13.4. The number of benzene rings is 1. The number of hydrogen-bond donors (Lipinski definition) is 2. The van der Waals surface area contributed by atoms with Crippen molar-refractivity contribution in [3.05, 3.63) is 39.9 Å². The molecular formula is C15H23N3O4. The Hall–Kier alpha value is -2.15. The molecule has 1 atom stereocenters. The van der Waals surface area contributed by atoms with Crippen LogP contribution in [0.15, 0.2) is 24.3 Å². The molecule has 122 valence electrons. The van der Waals surface area contributed by atoms with Crippen molar-refractivity contribution < 1.29 is 14.5 Å². The van der Waals surface area contributed by atoms with E-state index in [9.17, 15) is 14.9 Å². The summed E-state index contributed by atoms with van der Waals surface area (Å²) in [7, 11) is 0. The molecule has 0 aliphatic carbocycles. The lowest BCUT2D eigenvalue weighted by molar-refractivity contribution is -0.384. The van der Waals surface area contributed by atoms with Crippen molar-refractivity contribution in [2.45, 2.75) is 38.7 Å². The Balaban J connectivity index is 2.79. The number of nitro benzene ring substituents is 1. The molecule has 1 rings (SSSR count). The van der Waals surface area contributed by atoms with Gasteiger partial charge in [-0.1, -0.05) is 19.1 Å². The van der Waals surface area contributed by atoms with Crippen LogP contribution in [0.3, 0.4) is 0 Å². The first-order valence-electron chi connectivity index (χ1n) is 6.99. The van der Waals surface area contributed by atoms with Gasteiger partial charge in [0.25, 0.3) is 5.69 Å². The average molecular weight is 309 g/mol. The van der Waals surface area contributed by atoms with Gasteiger partial charge in [0.1, 0.15) is 5.60 Å². The van der Waals surface area contributed by atoms with Crippen LogP contribution in [-0.2, 0) is 10.2 Å². The number of nitrogens with one attached hydrogen (secondary N) is 1. The molecule has 0 spiro atoms. The fourth-order valence-corrected chi connectivity index (χ4v) is 1.86. The summed E-state index contributed by atoms with van der Waals surface area (Å²) in [5, 5.41) is 13.4. The fourth-order valence-electron chi connectivity index (χ4n) is 1.86. The standard InChI is InChI=1S/C15H23N3O4/c1-14(2,3)22-13(19)17-10-15(4,9-16)11-5-7-12(8-6-11)18(20)21/h5-8H,9-10,16H2,1-4H3,(H,17,19). The highest BCUT2D eigenvalue weighted by atomic mass is 16.6. The molecule has 1 unspecified atom stereocenters. The van der Waals surface area contributed by atoms with Gasteiger partial charge in [-0.15, -0.1) is 0 Å². The molecule has 22 heavy (non-hydrogen) atoms. The van der Waals surface area contributed by atoms with Crippen molar-refractivity contribution >= 4 is 11.8 Å². The van der Waals surface area contributed by atoms with Crippen molar-refractivity contribution in [2.24, 2.45) is 5.73 Å². The summed E-state index contributed by atoms with van der Waals surface area (Å²) in [5.41, 5.74) is 5.55. The van der Waals surface area contributed by atoms with E-state index in [4.69, 9.17) is 10.5 Å². The maximum atomic E-state index is 11.7. The molecular weight excluding hydrogens is 286 g/mol. The zero-order valence-corrected chi connectivity index (χ0v) is 13.4. The van der Waals surface area contributed by atoms with E-state index in [1.165, 1.54) is 12.1 Å². The number of nitrogens with zero attached hydrogens (tertiary/aromatic N) is 1. The normalized spacial score (nSPS) is 14.0. The van der Waals surface area contributed by atoms with Gasteiger partial charge >= 0.3 is 6.09 Å². The SMILES string of the molecule is CC(C)(C)OC(=O)NCC(C)(CN)c1ccc([N+](=O)[O-])cc1. The Bertz CT molecular complexity index is 537. The second-order valence-corrected chi connectivity index (χ2v) is 6.42. The van der Waals surface area contributed by atoms with Gasteiger partial charge in [0.2, 0.25) is 0 Å². The third-order valence-corrected chi connectivity index (χ3v) is 3.25. The van der Waals surface area contributed by atoms with Gasteiger partial charge in [0.15, 0.2) is 0 Å². The van der Waals surface area contributed by atoms with Crippen LogP contribution >= 0.6 is 0 Å². The Labute approximate surface area is 130 Å². The summed E-state index contributed by atoms with van der Waals surface area (Å²) in [4.78, 5) is 22.0. The molecule has 7 heteroatoms. The lowest BCUT2D eigenvalue weighted by atomic mass is 9.82. The predicted octanol–water partition coefficient (Wildman–Crippen LogP) is 2.34. The molecule has 0 aliphatic rings. The lowest BCUT2D eigenvalue weighted by Gasteiger charge is -2.29. The second-order valence-electron chi connectivity index (χ2n) is 6.42. The summed E-state index contributed by atoms with van der Waals surface area (Å²) in [6.45, 7) is 7.78. The van der Waals surface area contributed by atoms with Crippen LogP contribution < -0.4 is 11.1 Å². The minimum Gasteiger partial charge on any atom is -0.444 e.